The number of rotatable bonds is 5. The van der Waals surface area contributed by atoms with Crippen molar-refractivity contribution >= 4 is 28.3 Å². The van der Waals surface area contributed by atoms with Crippen LogP contribution in [0.3, 0.4) is 0 Å². The van der Waals surface area contributed by atoms with Crippen molar-refractivity contribution in [2.75, 3.05) is 5.32 Å². The predicted octanol–water partition coefficient (Wildman–Crippen LogP) is 3.41. The third kappa shape index (κ3) is 4.53. The lowest BCUT2D eigenvalue weighted by Crippen LogP contribution is -2.41. The first-order valence-corrected chi connectivity index (χ1v) is 9.02. The predicted molar refractivity (Wildman–Crippen MR) is 102 cm³/mol. The van der Waals surface area contributed by atoms with Crippen LogP contribution in [0.15, 0.2) is 48.5 Å². The van der Waals surface area contributed by atoms with Crippen molar-refractivity contribution in [3.63, 3.8) is 0 Å². The van der Waals surface area contributed by atoms with Gasteiger partial charge in [-0.25, -0.2) is 4.39 Å². The van der Waals surface area contributed by atoms with E-state index in [9.17, 15) is 14.0 Å². The Morgan fingerprint density at radius 3 is 2.63 bits per heavy atom. The minimum Gasteiger partial charge on any atom is -0.340 e. The fraction of sp³-hybridized carbons (Fsp3) is 0.158. The van der Waals surface area contributed by atoms with Crippen LogP contribution in [-0.2, 0) is 4.79 Å². The molecule has 27 heavy (non-hydrogen) atoms. The second-order valence-electron chi connectivity index (χ2n) is 5.95. The molecule has 2 N–H and O–H groups in total. The maximum Gasteiger partial charge on any atom is 0.254 e. The molecule has 0 fully saturated rings. The van der Waals surface area contributed by atoms with Crippen molar-refractivity contribution in [3.8, 4) is 10.6 Å². The summed E-state index contributed by atoms with van der Waals surface area (Å²) in [4.78, 5) is 24.4. The summed E-state index contributed by atoms with van der Waals surface area (Å²) >= 11 is 1.23. The Bertz CT molecular complexity index is 989. The Morgan fingerprint density at radius 1 is 1.11 bits per heavy atom. The van der Waals surface area contributed by atoms with Gasteiger partial charge in [0.1, 0.15) is 16.9 Å². The number of anilines is 1. The molecule has 0 saturated heterocycles. The van der Waals surface area contributed by atoms with Crippen LogP contribution in [0.25, 0.3) is 10.6 Å². The van der Waals surface area contributed by atoms with Gasteiger partial charge in [-0.1, -0.05) is 47.2 Å². The summed E-state index contributed by atoms with van der Waals surface area (Å²) in [5.74, 6) is -1.77. The molecule has 0 spiro atoms. The highest BCUT2D eigenvalue weighted by atomic mass is 32.1. The fourth-order valence-corrected chi connectivity index (χ4v) is 3.11. The molecule has 6 nitrogen and oxygen atoms in total. The topological polar surface area (TPSA) is 84.0 Å². The van der Waals surface area contributed by atoms with E-state index in [1.807, 2.05) is 31.2 Å². The molecule has 0 aliphatic carbocycles. The second kappa shape index (κ2) is 8.05. The van der Waals surface area contributed by atoms with Gasteiger partial charge in [0.25, 0.3) is 5.91 Å². The maximum absolute atomic E-state index is 13.7. The molecule has 0 unspecified atom stereocenters. The van der Waals surface area contributed by atoms with Crippen LogP contribution < -0.4 is 10.6 Å². The zero-order valence-corrected chi connectivity index (χ0v) is 15.5. The summed E-state index contributed by atoms with van der Waals surface area (Å²) in [6, 6.07) is 12.5. The maximum atomic E-state index is 13.7. The van der Waals surface area contributed by atoms with Gasteiger partial charge >= 0.3 is 0 Å². The fourth-order valence-electron chi connectivity index (χ4n) is 2.37. The number of amides is 2. The number of hydrogen-bond donors (Lipinski definition) is 2. The van der Waals surface area contributed by atoms with Gasteiger partial charge < -0.3 is 5.32 Å². The third-order valence-corrected chi connectivity index (χ3v) is 4.67. The first kappa shape index (κ1) is 18.7. The summed E-state index contributed by atoms with van der Waals surface area (Å²) in [5, 5.41) is 14.1. The van der Waals surface area contributed by atoms with Crippen molar-refractivity contribution in [1.29, 1.82) is 0 Å². The van der Waals surface area contributed by atoms with E-state index < -0.39 is 23.7 Å². The normalized spacial score (nSPS) is 11.7. The summed E-state index contributed by atoms with van der Waals surface area (Å²) in [7, 11) is 0. The van der Waals surface area contributed by atoms with E-state index in [-0.39, 0.29) is 5.56 Å². The molecule has 0 aliphatic rings. The molecule has 0 bridgehead atoms. The Labute approximate surface area is 159 Å². The van der Waals surface area contributed by atoms with Crippen molar-refractivity contribution in [3.05, 3.63) is 65.5 Å². The quantitative estimate of drug-likeness (QED) is 0.706. The van der Waals surface area contributed by atoms with Crippen molar-refractivity contribution in [2.24, 2.45) is 0 Å². The van der Waals surface area contributed by atoms with E-state index in [0.717, 1.165) is 11.1 Å². The molecule has 0 aliphatic heterocycles. The minimum atomic E-state index is -0.872. The standard InChI is InChI=1S/C19H17FN4O2S/c1-11-6-5-7-13(10-11)18-23-24-19(27-18)22-16(25)12(2)21-17(26)14-8-3-4-9-15(14)20/h3-10,12H,1-2H3,(H,21,26)(H,22,24,25)/t12-/m1/s1. The van der Waals surface area contributed by atoms with Crippen LogP contribution in [0.1, 0.15) is 22.8 Å². The van der Waals surface area contributed by atoms with Crippen molar-refractivity contribution in [2.45, 2.75) is 19.9 Å². The molecule has 3 rings (SSSR count). The van der Waals surface area contributed by atoms with Gasteiger partial charge in [0, 0.05) is 5.56 Å². The Kier molecular flexibility index (Phi) is 5.56. The summed E-state index contributed by atoms with van der Waals surface area (Å²) < 4.78 is 13.7. The monoisotopic (exact) mass is 384 g/mol. The number of carbonyl (C=O) groups excluding carboxylic acids is 2. The van der Waals surface area contributed by atoms with Crippen LogP contribution in [0, 0.1) is 12.7 Å². The number of nitrogens with one attached hydrogen (secondary N) is 2. The van der Waals surface area contributed by atoms with E-state index in [1.165, 1.54) is 36.5 Å². The minimum absolute atomic E-state index is 0.116. The lowest BCUT2D eigenvalue weighted by molar-refractivity contribution is -0.117. The highest BCUT2D eigenvalue weighted by Gasteiger charge is 2.20. The Balaban J connectivity index is 1.63. The van der Waals surface area contributed by atoms with Gasteiger partial charge in [0.15, 0.2) is 0 Å². The molecule has 0 saturated carbocycles. The molecule has 138 valence electrons. The number of carbonyl (C=O) groups is 2. The van der Waals surface area contributed by atoms with E-state index >= 15 is 0 Å². The van der Waals surface area contributed by atoms with E-state index in [2.05, 4.69) is 20.8 Å². The highest BCUT2D eigenvalue weighted by Crippen LogP contribution is 2.26. The average molecular weight is 384 g/mol. The van der Waals surface area contributed by atoms with Crippen LogP contribution in [0.2, 0.25) is 0 Å². The van der Waals surface area contributed by atoms with Crippen LogP contribution in [0.5, 0.6) is 0 Å². The lowest BCUT2D eigenvalue weighted by atomic mass is 10.1. The van der Waals surface area contributed by atoms with Crippen LogP contribution in [-0.4, -0.2) is 28.1 Å². The molecule has 2 amide bonds. The van der Waals surface area contributed by atoms with Gasteiger partial charge in [0.2, 0.25) is 11.0 Å². The molecular weight excluding hydrogens is 367 g/mol. The number of aromatic nitrogens is 2. The summed E-state index contributed by atoms with van der Waals surface area (Å²) in [6.07, 6.45) is 0. The van der Waals surface area contributed by atoms with E-state index in [0.29, 0.717) is 10.1 Å². The number of hydrogen-bond acceptors (Lipinski definition) is 5. The number of aryl methyl sites for hydroxylation is 1. The van der Waals surface area contributed by atoms with Crippen molar-refractivity contribution < 1.29 is 14.0 Å². The average Bonchev–Trinajstić information content (AvgIpc) is 3.10. The van der Waals surface area contributed by atoms with Gasteiger partial charge in [-0.05, 0) is 32.0 Å². The molecule has 1 heterocycles. The third-order valence-electron chi connectivity index (χ3n) is 3.78. The molecule has 2 aromatic carbocycles. The molecule has 1 atom stereocenters. The zero-order chi connectivity index (χ0) is 19.4. The molecule has 3 aromatic rings. The zero-order valence-electron chi connectivity index (χ0n) is 14.7. The first-order valence-electron chi connectivity index (χ1n) is 8.21. The first-order chi connectivity index (χ1) is 12.9. The smallest absolute Gasteiger partial charge is 0.254 e. The van der Waals surface area contributed by atoms with Gasteiger partial charge in [0.05, 0.1) is 5.56 Å². The molecule has 0 radical (unpaired) electrons. The molecule has 8 heteroatoms. The number of benzene rings is 2. The largest absolute Gasteiger partial charge is 0.340 e. The Hall–Kier alpha value is -3.13. The SMILES string of the molecule is Cc1cccc(-c2nnc(NC(=O)[C@@H](C)NC(=O)c3ccccc3F)s2)c1. The molecular formula is C19H17FN4O2S. The highest BCUT2D eigenvalue weighted by molar-refractivity contribution is 7.18. The van der Waals surface area contributed by atoms with Crippen LogP contribution >= 0.6 is 11.3 Å². The van der Waals surface area contributed by atoms with E-state index in [4.69, 9.17) is 0 Å². The number of nitrogens with zero attached hydrogens (tertiary/aromatic N) is 2. The summed E-state index contributed by atoms with van der Waals surface area (Å²) in [6.45, 7) is 3.49. The van der Waals surface area contributed by atoms with Crippen LogP contribution in [0.4, 0.5) is 9.52 Å². The molecule has 1 aromatic heterocycles. The second-order valence-corrected chi connectivity index (χ2v) is 6.92. The lowest BCUT2D eigenvalue weighted by Gasteiger charge is -2.13. The van der Waals surface area contributed by atoms with E-state index in [1.54, 1.807) is 6.07 Å². The van der Waals surface area contributed by atoms with Crippen molar-refractivity contribution in [1.82, 2.24) is 15.5 Å². The number of halogens is 1. The van der Waals surface area contributed by atoms with Gasteiger partial charge in [-0.2, -0.15) is 0 Å². The van der Waals surface area contributed by atoms with Gasteiger partial charge in [-0.3, -0.25) is 14.9 Å². The van der Waals surface area contributed by atoms with Gasteiger partial charge in [-0.15, -0.1) is 10.2 Å². The Morgan fingerprint density at radius 2 is 1.89 bits per heavy atom. The summed E-state index contributed by atoms with van der Waals surface area (Å²) in [5.41, 5.74) is 1.89.